The first-order valence-corrected chi connectivity index (χ1v) is 11.1. The summed E-state index contributed by atoms with van der Waals surface area (Å²) in [5, 5.41) is 9.82. The molecule has 0 amide bonds. The number of carboxylic acid groups (broad SMARTS) is 1. The molecule has 0 aliphatic rings. The number of carbonyl (C=O) groups is 1. The lowest BCUT2D eigenvalue weighted by Gasteiger charge is -2.29. The molecule has 0 spiro atoms. The van der Waals surface area contributed by atoms with Crippen molar-refractivity contribution in [1.82, 2.24) is 9.97 Å². The molecule has 33 heavy (non-hydrogen) atoms. The second-order valence-corrected chi connectivity index (χ2v) is 8.45. The van der Waals surface area contributed by atoms with Crippen molar-refractivity contribution in [1.29, 1.82) is 0 Å². The number of hydrogen-bond donors (Lipinski definition) is 1. The average molecular weight is 512 g/mol. The van der Waals surface area contributed by atoms with E-state index in [1.807, 2.05) is 30.3 Å². The van der Waals surface area contributed by atoms with E-state index in [2.05, 4.69) is 25.9 Å². The highest BCUT2D eigenvalue weighted by Crippen LogP contribution is 2.34. The van der Waals surface area contributed by atoms with Crippen molar-refractivity contribution in [3.05, 3.63) is 88.9 Å². The van der Waals surface area contributed by atoms with Crippen LogP contribution in [0.3, 0.4) is 0 Å². The Balaban J connectivity index is 1.84. The summed E-state index contributed by atoms with van der Waals surface area (Å²) in [5.74, 6) is -3.66. The van der Waals surface area contributed by atoms with Crippen molar-refractivity contribution in [2.45, 2.75) is 12.3 Å². The molecule has 4 aromatic rings. The topological polar surface area (TPSA) is 66.3 Å². The van der Waals surface area contributed by atoms with Crippen LogP contribution < -0.4 is 4.90 Å². The molecule has 1 N–H and O–H groups in total. The maximum atomic E-state index is 15.3. The van der Waals surface area contributed by atoms with Crippen LogP contribution in [0.1, 0.15) is 12.0 Å². The van der Waals surface area contributed by atoms with E-state index in [-0.39, 0.29) is 24.3 Å². The predicted molar refractivity (Wildman–Crippen MR) is 127 cm³/mol. The van der Waals surface area contributed by atoms with E-state index in [0.717, 1.165) is 4.47 Å². The number of hydrogen-bond acceptors (Lipinski definition) is 4. The van der Waals surface area contributed by atoms with Crippen molar-refractivity contribution in [3.8, 4) is 11.4 Å². The highest BCUT2D eigenvalue weighted by atomic mass is 79.9. The Hall–Kier alpha value is -3.39. The van der Waals surface area contributed by atoms with E-state index in [0.29, 0.717) is 22.3 Å². The molecule has 0 fully saturated rings. The third-order valence-corrected chi connectivity index (χ3v) is 5.64. The number of benzene rings is 3. The smallest absolute Gasteiger partial charge is 0.305 e. The molecule has 1 aromatic heterocycles. The van der Waals surface area contributed by atoms with Crippen LogP contribution >= 0.6 is 15.9 Å². The standard InChI is InChI=1S/C25H20BrF2N3O2/c26-19-10-6-7-17(15-19)23-29-21-12-5-4-11-20(21)24(30-23)31(14-13-22(32)33)16-25(27,28)18-8-2-1-3-9-18/h1-12,15H,13-14,16H2,(H,32,33). The average Bonchev–Trinajstić information content (AvgIpc) is 2.81. The van der Waals surface area contributed by atoms with Gasteiger partial charge >= 0.3 is 5.97 Å². The Morgan fingerprint density at radius 1 is 0.970 bits per heavy atom. The van der Waals surface area contributed by atoms with Crippen LogP contribution in [0, 0.1) is 0 Å². The number of aliphatic carboxylic acids is 1. The lowest BCUT2D eigenvalue weighted by molar-refractivity contribution is -0.136. The molecule has 0 saturated heterocycles. The molecule has 0 unspecified atom stereocenters. The zero-order chi connectivity index (χ0) is 23.4. The minimum atomic E-state index is -3.22. The van der Waals surface area contributed by atoms with Crippen LogP contribution in [0.15, 0.2) is 83.3 Å². The van der Waals surface area contributed by atoms with Gasteiger partial charge in [-0.3, -0.25) is 4.79 Å². The molecule has 0 aliphatic heterocycles. The molecule has 0 saturated carbocycles. The minimum absolute atomic E-state index is 0.128. The number of aromatic nitrogens is 2. The van der Waals surface area contributed by atoms with Crippen molar-refractivity contribution >= 4 is 38.6 Å². The maximum Gasteiger partial charge on any atom is 0.305 e. The quantitative estimate of drug-likeness (QED) is 0.308. The monoisotopic (exact) mass is 511 g/mol. The summed E-state index contributed by atoms with van der Waals surface area (Å²) in [5.41, 5.74) is 1.15. The summed E-state index contributed by atoms with van der Waals surface area (Å²) >= 11 is 3.43. The summed E-state index contributed by atoms with van der Waals surface area (Å²) in [6.45, 7) is -0.847. The van der Waals surface area contributed by atoms with Crippen molar-refractivity contribution in [3.63, 3.8) is 0 Å². The minimum Gasteiger partial charge on any atom is -0.481 e. The van der Waals surface area contributed by atoms with Gasteiger partial charge in [-0.05, 0) is 24.3 Å². The van der Waals surface area contributed by atoms with E-state index in [1.54, 1.807) is 36.4 Å². The third-order valence-electron chi connectivity index (χ3n) is 5.15. The lowest BCUT2D eigenvalue weighted by atomic mass is 10.1. The van der Waals surface area contributed by atoms with Gasteiger partial charge in [0, 0.05) is 27.5 Å². The van der Waals surface area contributed by atoms with E-state index >= 15 is 8.78 Å². The summed E-state index contributed by atoms with van der Waals surface area (Å²) < 4.78 is 31.3. The number of alkyl halides is 2. The molecule has 1 heterocycles. The molecule has 0 atom stereocenters. The molecule has 8 heteroatoms. The Kier molecular flexibility index (Phi) is 6.65. The van der Waals surface area contributed by atoms with Gasteiger partial charge in [0.05, 0.1) is 18.5 Å². The van der Waals surface area contributed by atoms with Gasteiger partial charge in [0.1, 0.15) is 5.82 Å². The van der Waals surface area contributed by atoms with Crippen LogP contribution in [0.25, 0.3) is 22.3 Å². The fourth-order valence-corrected chi connectivity index (χ4v) is 3.96. The number of halogens is 3. The number of fused-ring (bicyclic) bond motifs is 1. The molecule has 0 bridgehead atoms. The van der Waals surface area contributed by atoms with Crippen molar-refractivity contribution in [2.75, 3.05) is 18.0 Å². The molecular weight excluding hydrogens is 492 g/mol. The zero-order valence-corrected chi connectivity index (χ0v) is 19.0. The Morgan fingerprint density at radius 3 is 2.42 bits per heavy atom. The molecule has 3 aromatic carbocycles. The van der Waals surface area contributed by atoms with E-state index in [4.69, 9.17) is 0 Å². The number of carboxylic acids is 1. The van der Waals surface area contributed by atoms with Crippen molar-refractivity contribution < 1.29 is 18.7 Å². The summed E-state index contributed by atoms with van der Waals surface area (Å²) in [6.07, 6.45) is -0.310. The van der Waals surface area contributed by atoms with Gasteiger partial charge in [-0.2, -0.15) is 8.78 Å². The lowest BCUT2D eigenvalue weighted by Crippen LogP contribution is -2.37. The molecule has 0 radical (unpaired) electrons. The third kappa shape index (κ3) is 5.34. The maximum absolute atomic E-state index is 15.3. The molecule has 0 aliphatic carbocycles. The van der Waals surface area contributed by atoms with Gasteiger partial charge in [-0.25, -0.2) is 9.97 Å². The second kappa shape index (κ2) is 9.62. The van der Waals surface area contributed by atoms with Crippen LogP contribution in [-0.4, -0.2) is 34.1 Å². The number of nitrogens with zero attached hydrogens (tertiary/aromatic N) is 3. The van der Waals surface area contributed by atoms with Gasteiger partial charge in [0.2, 0.25) is 0 Å². The molecule has 5 nitrogen and oxygen atoms in total. The first-order chi connectivity index (χ1) is 15.8. The fraction of sp³-hybridized carbons (Fsp3) is 0.160. The normalized spacial score (nSPS) is 11.5. The number of anilines is 1. The zero-order valence-electron chi connectivity index (χ0n) is 17.5. The molecule has 168 valence electrons. The highest BCUT2D eigenvalue weighted by molar-refractivity contribution is 9.10. The largest absolute Gasteiger partial charge is 0.481 e. The summed E-state index contributed by atoms with van der Waals surface area (Å²) in [4.78, 5) is 21.9. The first-order valence-electron chi connectivity index (χ1n) is 10.3. The number of rotatable bonds is 8. The predicted octanol–water partition coefficient (Wildman–Crippen LogP) is 6.13. The van der Waals surface area contributed by atoms with E-state index in [9.17, 15) is 9.90 Å². The summed E-state index contributed by atoms with van der Waals surface area (Å²) in [7, 11) is 0. The summed E-state index contributed by atoms with van der Waals surface area (Å²) in [6, 6.07) is 22.0. The second-order valence-electron chi connectivity index (χ2n) is 7.53. The molecule has 4 rings (SSSR count). The van der Waals surface area contributed by atoms with Crippen LogP contribution in [0.2, 0.25) is 0 Å². The van der Waals surface area contributed by atoms with Crippen LogP contribution in [0.4, 0.5) is 14.6 Å². The van der Waals surface area contributed by atoms with Crippen LogP contribution in [-0.2, 0) is 10.7 Å². The van der Waals surface area contributed by atoms with Gasteiger partial charge in [0.25, 0.3) is 5.92 Å². The van der Waals surface area contributed by atoms with Crippen LogP contribution in [0.5, 0.6) is 0 Å². The van der Waals surface area contributed by atoms with Gasteiger partial charge in [0.15, 0.2) is 5.82 Å². The number of para-hydroxylation sites is 1. The Bertz CT molecular complexity index is 1290. The molecular formula is C25H20BrF2N3O2. The van der Waals surface area contributed by atoms with E-state index < -0.39 is 18.4 Å². The van der Waals surface area contributed by atoms with Crippen molar-refractivity contribution in [2.24, 2.45) is 0 Å². The van der Waals surface area contributed by atoms with Gasteiger partial charge < -0.3 is 10.0 Å². The first kappa shape index (κ1) is 22.8. The fourth-order valence-electron chi connectivity index (χ4n) is 3.56. The van der Waals surface area contributed by atoms with Gasteiger partial charge in [-0.15, -0.1) is 0 Å². The Labute approximate surface area is 197 Å². The Morgan fingerprint density at radius 2 is 1.70 bits per heavy atom. The van der Waals surface area contributed by atoms with E-state index in [1.165, 1.54) is 17.0 Å². The highest BCUT2D eigenvalue weighted by Gasteiger charge is 2.35. The SMILES string of the molecule is O=C(O)CCN(CC(F)(F)c1ccccc1)c1nc(-c2cccc(Br)c2)nc2ccccc12. The van der Waals surface area contributed by atoms with Gasteiger partial charge in [-0.1, -0.05) is 70.5 Å².